The maximum atomic E-state index is 12.2. The standard InChI is InChI=1S/C21H30O4Si/c1-15(2)26(16(3)4,17(5)6)25-20-13-12-19(24-20)21(22)23-14-18-10-8-7-9-11-18/h7-13,15-17H,14H2,1-6H3. The van der Waals surface area contributed by atoms with Gasteiger partial charge in [-0.2, -0.15) is 0 Å². The Kier molecular flexibility index (Phi) is 6.70. The van der Waals surface area contributed by atoms with Crippen molar-refractivity contribution in [1.82, 2.24) is 0 Å². The lowest BCUT2D eigenvalue weighted by Crippen LogP contribution is -2.50. The molecule has 0 saturated heterocycles. The van der Waals surface area contributed by atoms with E-state index in [2.05, 4.69) is 41.5 Å². The van der Waals surface area contributed by atoms with E-state index in [1.165, 1.54) is 0 Å². The molecule has 1 aromatic heterocycles. The van der Waals surface area contributed by atoms with Crippen molar-refractivity contribution < 1.29 is 18.4 Å². The molecule has 0 atom stereocenters. The van der Waals surface area contributed by atoms with E-state index in [1.807, 2.05) is 30.3 Å². The Morgan fingerprint density at radius 1 is 0.923 bits per heavy atom. The van der Waals surface area contributed by atoms with Gasteiger partial charge in [0, 0.05) is 6.07 Å². The Morgan fingerprint density at radius 3 is 2.04 bits per heavy atom. The van der Waals surface area contributed by atoms with Gasteiger partial charge in [0.15, 0.2) is 0 Å². The van der Waals surface area contributed by atoms with E-state index in [0.717, 1.165) is 5.56 Å². The lowest BCUT2D eigenvalue weighted by molar-refractivity contribution is 0.0432. The van der Waals surface area contributed by atoms with Crippen LogP contribution in [0.5, 0.6) is 5.95 Å². The van der Waals surface area contributed by atoms with Gasteiger partial charge in [0.2, 0.25) is 5.76 Å². The van der Waals surface area contributed by atoms with Gasteiger partial charge < -0.3 is 13.6 Å². The maximum Gasteiger partial charge on any atom is 0.374 e. The molecule has 0 saturated carbocycles. The predicted octanol–water partition coefficient (Wildman–Crippen LogP) is 6.19. The van der Waals surface area contributed by atoms with Crippen molar-refractivity contribution in [3.8, 4) is 5.95 Å². The van der Waals surface area contributed by atoms with Crippen LogP contribution in [0.4, 0.5) is 0 Å². The van der Waals surface area contributed by atoms with Crippen LogP contribution in [0.2, 0.25) is 16.6 Å². The predicted molar refractivity (Wildman–Crippen MR) is 106 cm³/mol. The number of hydrogen-bond acceptors (Lipinski definition) is 4. The lowest BCUT2D eigenvalue weighted by atomic mass is 10.2. The number of benzene rings is 1. The number of carbonyl (C=O) groups excluding carboxylic acids is 1. The van der Waals surface area contributed by atoms with E-state index in [4.69, 9.17) is 13.6 Å². The summed E-state index contributed by atoms with van der Waals surface area (Å²) >= 11 is 0. The highest BCUT2D eigenvalue weighted by Crippen LogP contribution is 2.43. The molecule has 0 bridgehead atoms. The van der Waals surface area contributed by atoms with E-state index < -0.39 is 14.3 Å². The fraction of sp³-hybridized carbons (Fsp3) is 0.476. The molecule has 0 aliphatic heterocycles. The third-order valence-electron chi connectivity index (χ3n) is 4.98. The highest BCUT2D eigenvalue weighted by molar-refractivity contribution is 6.78. The zero-order chi connectivity index (χ0) is 19.3. The number of furan rings is 1. The van der Waals surface area contributed by atoms with E-state index in [9.17, 15) is 4.79 Å². The Morgan fingerprint density at radius 2 is 1.50 bits per heavy atom. The summed E-state index contributed by atoms with van der Waals surface area (Å²) in [5, 5.41) is 0. The van der Waals surface area contributed by atoms with Crippen LogP contribution in [0.3, 0.4) is 0 Å². The van der Waals surface area contributed by atoms with Gasteiger partial charge in [0.1, 0.15) is 6.61 Å². The Bertz CT molecular complexity index is 682. The fourth-order valence-electron chi connectivity index (χ4n) is 3.81. The van der Waals surface area contributed by atoms with Gasteiger partial charge in [-0.15, -0.1) is 0 Å². The van der Waals surface area contributed by atoms with Gasteiger partial charge in [-0.3, -0.25) is 0 Å². The van der Waals surface area contributed by atoms with E-state index >= 15 is 0 Å². The summed E-state index contributed by atoms with van der Waals surface area (Å²) < 4.78 is 17.4. The molecular weight excluding hydrogens is 344 g/mol. The monoisotopic (exact) mass is 374 g/mol. The molecule has 1 aromatic carbocycles. The first-order valence-corrected chi connectivity index (χ1v) is 11.4. The molecule has 0 spiro atoms. The Labute approximate surface area is 157 Å². The van der Waals surface area contributed by atoms with E-state index in [1.54, 1.807) is 12.1 Å². The molecule has 5 heteroatoms. The van der Waals surface area contributed by atoms with Gasteiger partial charge >= 0.3 is 5.97 Å². The minimum Gasteiger partial charge on any atom is -0.518 e. The summed E-state index contributed by atoms with van der Waals surface area (Å²) in [4.78, 5) is 12.2. The molecular formula is C21H30O4Si. The van der Waals surface area contributed by atoms with Crippen molar-refractivity contribution in [2.45, 2.75) is 64.8 Å². The fourth-order valence-corrected chi connectivity index (χ4v) is 8.97. The molecule has 142 valence electrons. The largest absolute Gasteiger partial charge is 0.518 e. The van der Waals surface area contributed by atoms with Crippen LogP contribution < -0.4 is 4.43 Å². The first-order valence-electron chi connectivity index (χ1n) is 9.27. The average Bonchev–Trinajstić information content (AvgIpc) is 3.06. The molecule has 1 heterocycles. The molecule has 0 aliphatic rings. The molecule has 4 nitrogen and oxygen atoms in total. The molecule has 2 aromatic rings. The number of hydrogen-bond donors (Lipinski definition) is 0. The van der Waals surface area contributed by atoms with Crippen molar-refractivity contribution in [3.63, 3.8) is 0 Å². The zero-order valence-electron chi connectivity index (χ0n) is 16.6. The number of esters is 1. The second-order valence-electron chi connectivity index (χ2n) is 7.60. The summed E-state index contributed by atoms with van der Waals surface area (Å²) in [6, 6.07) is 12.9. The molecule has 0 radical (unpaired) electrons. The first-order chi connectivity index (χ1) is 12.3. The summed E-state index contributed by atoms with van der Waals surface area (Å²) in [5.74, 6) is 0.115. The van der Waals surface area contributed by atoms with Crippen LogP contribution in [0.1, 0.15) is 57.7 Å². The second-order valence-corrected chi connectivity index (χ2v) is 13.0. The van der Waals surface area contributed by atoms with Crippen LogP contribution in [-0.2, 0) is 11.3 Å². The normalized spacial score (nSPS) is 12.0. The van der Waals surface area contributed by atoms with Crippen molar-refractivity contribution >= 4 is 14.3 Å². The Hall–Kier alpha value is -2.01. The Balaban J connectivity index is 2.09. The van der Waals surface area contributed by atoms with Crippen molar-refractivity contribution in [1.29, 1.82) is 0 Å². The van der Waals surface area contributed by atoms with E-state index in [-0.39, 0.29) is 12.4 Å². The van der Waals surface area contributed by atoms with Gasteiger partial charge in [-0.05, 0) is 28.3 Å². The molecule has 2 rings (SSSR count). The SMILES string of the molecule is CC(C)[Si](Oc1ccc(C(=O)OCc2ccccc2)o1)(C(C)C)C(C)C. The molecule has 0 fully saturated rings. The maximum absolute atomic E-state index is 12.2. The molecule has 0 N–H and O–H groups in total. The zero-order valence-corrected chi connectivity index (χ0v) is 17.6. The third-order valence-corrected chi connectivity index (χ3v) is 10.9. The highest BCUT2D eigenvalue weighted by atomic mass is 28.4. The van der Waals surface area contributed by atoms with Gasteiger partial charge in [0.05, 0.1) is 0 Å². The molecule has 0 unspecified atom stereocenters. The van der Waals surface area contributed by atoms with Crippen molar-refractivity contribution in [2.75, 3.05) is 0 Å². The first kappa shape index (κ1) is 20.3. The van der Waals surface area contributed by atoms with Crippen LogP contribution in [0.15, 0.2) is 46.9 Å². The van der Waals surface area contributed by atoms with Crippen molar-refractivity contribution in [2.24, 2.45) is 0 Å². The van der Waals surface area contributed by atoms with Crippen LogP contribution >= 0.6 is 0 Å². The van der Waals surface area contributed by atoms with Gasteiger partial charge in [-0.25, -0.2) is 4.79 Å². The average molecular weight is 375 g/mol. The van der Waals surface area contributed by atoms with Gasteiger partial charge in [-0.1, -0.05) is 71.9 Å². The summed E-state index contributed by atoms with van der Waals surface area (Å²) in [6.45, 7) is 13.5. The number of rotatable bonds is 8. The van der Waals surface area contributed by atoms with Gasteiger partial charge in [0.25, 0.3) is 14.3 Å². The molecule has 0 aliphatic carbocycles. The summed E-state index contributed by atoms with van der Waals surface area (Å²) in [7, 11) is -2.11. The second kappa shape index (κ2) is 8.58. The van der Waals surface area contributed by atoms with E-state index in [0.29, 0.717) is 22.6 Å². The number of ether oxygens (including phenoxy) is 1. The molecule has 0 amide bonds. The quantitative estimate of drug-likeness (QED) is 0.408. The smallest absolute Gasteiger partial charge is 0.374 e. The van der Waals surface area contributed by atoms with Crippen LogP contribution in [-0.4, -0.2) is 14.3 Å². The third kappa shape index (κ3) is 4.39. The number of carbonyl (C=O) groups is 1. The van der Waals surface area contributed by atoms with Crippen LogP contribution in [0.25, 0.3) is 0 Å². The lowest BCUT2D eigenvalue weighted by Gasteiger charge is -2.41. The minimum absolute atomic E-state index is 0.176. The molecule has 26 heavy (non-hydrogen) atoms. The topological polar surface area (TPSA) is 48.7 Å². The summed E-state index contributed by atoms with van der Waals surface area (Å²) in [6.07, 6.45) is 0. The highest BCUT2D eigenvalue weighted by Gasteiger charge is 2.47. The van der Waals surface area contributed by atoms with Crippen LogP contribution in [0, 0.1) is 0 Å². The van der Waals surface area contributed by atoms with Crippen molar-refractivity contribution in [3.05, 3.63) is 53.8 Å². The summed E-state index contributed by atoms with van der Waals surface area (Å²) in [5.41, 5.74) is 2.23. The minimum atomic E-state index is -2.11.